The van der Waals surface area contributed by atoms with E-state index >= 15 is 0 Å². The van der Waals surface area contributed by atoms with Crippen molar-refractivity contribution in [2.45, 2.75) is 32.4 Å². The highest BCUT2D eigenvalue weighted by molar-refractivity contribution is 5.81. The molecular weight excluding hydrogens is 318 g/mol. The Bertz CT molecular complexity index is 632. The Morgan fingerprint density at radius 2 is 1.92 bits per heavy atom. The maximum Gasteiger partial charge on any atom is 0.237 e. The minimum Gasteiger partial charge on any atom is -0.490 e. The van der Waals surface area contributed by atoms with Crippen LogP contribution in [0.25, 0.3) is 0 Å². The van der Waals surface area contributed by atoms with Crippen LogP contribution in [0.15, 0.2) is 48.7 Å². The third kappa shape index (κ3) is 6.81. The molecule has 0 fully saturated rings. The first-order valence-corrected chi connectivity index (χ1v) is 8.48. The fourth-order valence-electron chi connectivity index (χ4n) is 2.19. The molecule has 1 unspecified atom stereocenters. The highest BCUT2D eigenvalue weighted by Gasteiger charge is 2.11. The van der Waals surface area contributed by atoms with E-state index in [2.05, 4.69) is 10.3 Å². The second-order valence-corrected chi connectivity index (χ2v) is 5.63. The van der Waals surface area contributed by atoms with Gasteiger partial charge in [0.2, 0.25) is 11.8 Å². The van der Waals surface area contributed by atoms with Gasteiger partial charge in [-0.1, -0.05) is 37.6 Å². The van der Waals surface area contributed by atoms with Gasteiger partial charge in [-0.15, -0.1) is 0 Å². The molecule has 6 nitrogen and oxygen atoms in total. The molecule has 0 aliphatic rings. The fraction of sp³-hybridized carbons (Fsp3) is 0.368. The lowest BCUT2D eigenvalue weighted by atomic mass is 10.1. The number of aromatic nitrogens is 1. The number of nitrogens with two attached hydrogens (primary N) is 1. The van der Waals surface area contributed by atoms with Gasteiger partial charge in [0.05, 0.1) is 6.04 Å². The highest BCUT2D eigenvalue weighted by Crippen LogP contribution is 2.10. The monoisotopic (exact) mass is 343 g/mol. The second-order valence-electron chi connectivity index (χ2n) is 5.63. The van der Waals surface area contributed by atoms with Crippen LogP contribution in [-0.2, 0) is 11.3 Å². The standard InChI is InChI=1S/C19H25N3O3/c1-2-6-17(20)19(23)22-14-15-9-10-18(21-13-15)25-12-11-24-16-7-4-3-5-8-16/h3-5,7-10,13,17H,2,6,11-12,14,20H2,1H3,(H,22,23). The Hall–Kier alpha value is -2.60. The summed E-state index contributed by atoms with van der Waals surface area (Å²) in [6.45, 7) is 3.25. The predicted molar refractivity (Wildman–Crippen MR) is 96.4 cm³/mol. The molecule has 1 atom stereocenters. The number of carbonyl (C=O) groups is 1. The molecule has 6 heteroatoms. The molecule has 1 aromatic heterocycles. The van der Waals surface area contributed by atoms with Gasteiger partial charge < -0.3 is 20.5 Å². The molecule has 1 amide bonds. The number of nitrogens with zero attached hydrogens (tertiary/aromatic N) is 1. The van der Waals surface area contributed by atoms with Crippen molar-refractivity contribution in [2.75, 3.05) is 13.2 Å². The Kier molecular flexibility index (Phi) is 7.72. The zero-order chi connectivity index (χ0) is 17.9. The molecule has 2 aromatic rings. The van der Waals surface area contributed by atoms with E-state index in [1.54, 1.807) is 12.3 Å². The van der Waals surface area contributed by atoms with Gasteiger partial charge >= 0.3 is 0 Å². The molecule has 25 heavy (non-hydrogen) atoms. The molecule has 2 rings (SSSR count). The summed E-state index contributed by atoms with van der Waals surface area (Å²) in [7, 11) is 0. The van der Waals surface area contributed by atoms with E-state index < -0.39 is 6.04 Å². The number of hydrogen-bond donors (Lipinski definition) is 2. The Morgan fingerprint density at radius 1 is 1.16 bits per heavy atom. The van der Waals surface area contributed by atoms with Crippen LogP contribution in [-0.4, -0.2) is 30.1 Å². The van der Waals surface area contributed by atoms with Gasteiger partial charge in [0.15, 0.2) is 0 Å². The summed E-state index contributed by atoms with van der Waals surface area (Å²) >= 11 is 0. The van der Waals surface area contributed by atoms with E-state index in [9.17, 15) is 4.79 Å². The van der Waals surface area contributed by atoms with Gasteiger partial charge in [-0.3, -0.25) is 4.79 Å². The first kappa shape index (κ1) is 18.7. The fourth-order valence-corrected chi connectivity index (χ4v) is 2.19. The summed E-state index contributed by atoms with van der Waals surface area (Å²) < 4.78 is 11.1. The van der Waals surface area contributed by atoms with E-state index in [1.165, 1.54) is 0 Å². The largest absolute Gasteiger partial charge is 0.490 e. The van der Waals surface area contributed by atoms with Crippen LogP contribution in [0, 0.1) is 0 Å². The van der Waals surface area contributed by atoms with Crippen molar-refractivity contribution < 1.29 is 14.3 Å². The molecule has 1 heterocycles. The van der Waals surface area contributed by atoms with Crippen LogP contribution in [0.2, 0.25) is 0 Å². The van der Waals surface area contributed by atoms with Gasteiger partial charge in [-0.05, 0) is 24.1 Å². The minimum atomic E-state index is -0.454. The number of nitrogens with one attached hydrogen (secondary N) is 1. The molecule has 0 aliphatic heterocycles. The summed E-state index contributed by atoms with van der Waals surface area (Å²) in [6, 6.07) is 12.8. The minimum absolute atomic E-state index is 0.139. The molecule has 0 saturated heterocycles. The van der Waals surface area contributed by atoms with Crippen LogP contribution in [0.4, 0.5) is 0 Å². The lowest BCUT2D eigenvalue weighted by Gasteiger charge is -2.11. The molecule has 0 bridgehead atoms. The maximum absolute atomic E-state index is 11.8. The lowest BCUT2D eigenvalue weighted by molar-refractivity contribution is -0.122. The van der Waals surface area contributed by atoms with Crippen molar-refractivity contribution in [3.05, 3.63) is 54.2 Å². The number of hydrogen-bond acceptors (Lipinski definition) is 5. The zero-order valence-corrected chi connectivity index (χ0v) is 14.5. The number of benzene rings is 1. The van der Waals surface area contributed by atoms with Crippen molar-refractivity contribution >= 4 is 5.91 Å². The maximum atomic E-state index is 11.8. The molecular formula is C19H25N3O3. The highest BCUT2D eigenvalue weighted by atomic mass is 16.5. The molecule has 134 valence electrons. The number of pyridine rings is 1. The zero-order valence-electron chi connectivity index (χ0n) is 14.5. The van der Waals surface area contributed by atoms with Crippen LogP contribution < -0.4 is 20.5 Å². The second kappa shape index (κ2) is 10.3. The number of carbonyl (C=O) groups excluding carboxylic acids is 1. The van der Waals surface area contributed by atoms with Crippen molar-refractivity contribution in [1.82, 2.24) is 10.3 Å². The Labute approximate surface area is 148 Å². The van der Waals surface area contributed by atoms with Crippen LogP contribution in [0.1, 0.15) is 25.3 Å². The molecule has 0 radical (unpaired) electrons. The van der Waals surface area contributed by atoms with Crippen molar-refractivity contribution in [3.63, 3.8) is 0 Å². The first-order valence-electron chi connectivity index (χ1n) is 8.48. The van der Waals surface area contributed by atoms with Gasteiger partial charge in [-0.25, -0.2) is 4.98 Å². The van der Waals surface area contributed by atoms with Crippen LogP contribution in [0.5, 0.6) is 11.6 Å². The van der Waals surface area contributed by atoms with Crippen molar-refractivity contribution in [3.8, 4) is 11.6 Å². The summed E-state index contributed by atoms with van der Waals surface area (Å²) in [5.41, 5.74) is 6.66. The topological polar surface area (TPSA) is 86.5 Å². The van der Waals surface area contributed by atoms with Crippen molar-refractivity contribution in [1.29, 1.82) is 0 Å². The number of ether oxygens (including phenoxy) is 2. The third-order valence-electron chi connectivity index (χ3n) is 3.55. The number of para-hydroxylation sites is 1. The van der Waals surface area contributed by atoms with E-state index in [4.69, 9.17) is 15.2 Å². The Morgan fingerprint density at radius 3 is 2.60 bits per heavy atom. The third-order valence-corrected chi connectivity index (χ3v) is 3.55. The van der Waals surface area contributed by atoms with Gasteiger partial charge in [-0.2, -0.15) is 0 Å². The molecule has 0 saturated carbocycles. The summed E-state index contributed by atoms with van der Waals surface area (Å²) in [4.78, 5) is 16.0. The summed E-state index contributed by atoms with van der Waals surface area (Å²) in [5, 5.41) is 2.81. The molecule has 0 aliphatic carbocycles. The summed E-state index contributed by atoms with van der Waals surface area (Å²) in [6.07, 6.45) is 3.25. The average Bonchev–Trinajstić information content (AvgIpc) is 2.65. The first-order chi connectivity index (χ1) is 12.2. The Balaban J connectivity index is 1.68. The smallest absolute Gasteiger partial charge is 0.237 e. The van der Waals surface area contributed by atoms with E-state index in [-0.39, 0.29) is 5.91 Å². The van der Waals surface area contributed by atoms with E-state index in [0.717, 1.165) is 17.7 Å². The SMILES string of the molecule is CCCC(N)C(=O)NCc1ccc(OCCOc2ccccc2)nc1. The van der Waals surface area contributed by atoms with E-state index in [1.807, 2.05) is 43.3 Å². The molecule has 3 N–H and O–H groups in total. The van der Waals surface area contributed by atoms with Crippen LogP contribution >= 0.6 is 0 Å². The van der Waals surface area contributed by atoms with Crippen molar-refractivity contribution in [2.24, 2.45) is 5.73 Å². The molecule has 0 spiro atoms. The molecule has 1 aromatic carbocycles. The normalized spacial score (nSPS) is 11.6. The summed E-state index contributed by atoms with van der Waals surface area (Å²) in [5.74, 6) is 1.20. The van der Waals surface area contributed by atoms with Crippen LogP contribution in [0.3, 0.4) is 0 Å². The average molecular weight is 343 g/mol. The predicted octanol–water partition coefficient (Wildman–Crippen LogP) is 2.28. The quantitative estimate of drug-likeness (QED) is 0.646. The number of amides is 1. The number of rotatable bonds is 10. The van der Waals surface area contributed by atoms with Gasteiger partial charge in [0.1, 0.15) is 19.0 Å². The lowest BCUT2D eigenvalue weighted by Crippen LogP contribution is -2.40. The van der Waals surface area contributed by atoms with Gasteiger partial charge in [0.25, 0.3) is 0 Å². The van der Waals surface area contributed by atoms with E-state index in [0.29, 0.717) is 32.1 Å². The van der Waals surface area contributed by atoms with Gasteiger partial charge in [0, 0.05) is 18.8 Å².